The molecule has 0 aromatic carbocycles. The van der Waals surface area contributed by atoms with E-state index in [2.05, 4.69) is 51.8 Å². The maximum absolute atomic E-state index is 3.71. The number of rotatable bonds is 11. The maximum Gasteiger partial charge on any atom is 0.0218 e. The molecular formula is C16H36N2. The van der Waals surface area contributed by atoms with Crippen molar-refractivity contribution in [2.24, 2.45) is 5.92 Å². The molecule has 18 heavy (non-hydrogen) atoms. The minimum atomic E-state index is 0.635. The Bertz CT molecular complexity index is 180. The highest BCUT2D eigenvalue weighted by molar-refractivity contribution is 4.77. The van der Waals surface area contributed by atoms with E-state index in [0.29, 0.717) is 18.0 Å². The number of nitrogens with one attached hydrogen (secondary N) is 1. The maximum atomic E-state index is 3.71. The molecule has 0 aromatic heterocycles. The molecule has 0 aliphatic carbocycles. The Labute approximate surface area is 116 Å². The summed E-state index contributed by atoms with van der Waals surface area (Å²) < 4.78 is 0. The molecule has 0 bridgehead atoms. The first-order chi connectivity index (χ1) is 8.56. The summed E-state index contributed by atoms with van der Waals surface area (Å²) in [5.74, 6) is 0.713. The Morgan fingerprint density at radius 3 is 2.11 bits per heavy atom. The van der Waals surface area contributed by atoms with Crippen LogP contribution in [0.4, 0.5) is 0 Å². The highest BCUT2D eigenvalue weighted by Gasteiger charge is 2.19. The van der Waals surface area contributed by atoms with Gasteiger partial charge >= 0.3 is 0 Å². The van der Waals surface area contributed by atoms with Crippen LogP contribution >= 0.6 is 0 Å². The lowest BCUT2D eigenvalue weighted by Crippen LogP contribution is -2.47. The molecule has 2 nitrogen and oxygen atoms in total. The molecule has 0 aliphatic rings. The summed E-state index contributed by atoms with van der Waals surface area (Å²) in [6, 6.07) is 1.34. The van der Waals surface area contributed by atoms with Gasteiger partial charge in [-0.2, -0.15) is 0 Å². The molecule has 2 heteroatoms. The van der Waals surface area contributed by atoms with Gasteiger partial charge in [0.15, 0.2) is 0 Å². The molecule has 2 atom stereocenters. The van der Waals surface area contributed by atoms with Gasteiger partial charge in [0.2, 0.25) is 0 Å². The first kappa shape index (κ1) is 17.9. The summed E-state index contributed by atoms with van der Waals surface area (Å²) in [5.41, 5.74) is 0. The molecule has 0 fully saturated rings. The Morgan fingerprint density at radius 1 is 1.00 bits per heavy atom. The van der Waals surface area contributed by atoms with Crippen molar-refractivity contribution in [2.45, 2.75) is 79.3 Å². The summed E-state index contributed by atoms with van der Waals surface area (Å²) in [6.07, 6.45) is 5.09. The summed E-state index contributed by atoms with van der Waals surface area (Å²) in [6.45, 7) is 17.5. The zero-order chi connectivity index (χ0) is 14.0. The Hall–Kier alpha value is -0.0800. The fourth-order valence-corrected chi connectivity index (χ4v) is 2.20. The SMILES string of the molecule is CCCCN(CC(NCCC)C(C)C)C(C)CC. The van der Waals surface area contributed by atoms with Gasteiger partial charge in [-0.3, -0.25) is 4.90 Å². The normalized spacial score (nSPS) is 15.3. The highest BCUT2D eigenvalue weighted by Crippen LogP contribution is 2.11. The first-order valence-electron chi connectivity index (χ1n) is 8.04. The van der Waals surface area contributed by atoms with E-state index in [1.54, 1.807) is 0 Å². The van der Waals surface area contributed by atoms with Gasteiger partial charge in [-0.1, -0.05) is 41.0 Å². The lowest BCUT2D eigenvalue weighted by atomic mass is 10.0. The standard InChI is InChI=1S/C16H36N2/c1-7-10-12-18(15(6)9-3)13-16(14(4)5)17-11-8-2/h14-17H,7-13H2,1-6H3. The second kappa shape index (κ2) is 10.8. The fraction of sp³-hybridized carbons (Fsp3) is 1.00. The van der Waals surface area contributed by atoms with Crippen molar-refractivity contribution < 1.29 is 0 Å². The molecule has 1 N–H and O–H groups in total. The van der Waals surface area contributed by atoms with Crippen LogP contribution in [0.5, 0.6) is 0 Å². The average molecular weight is 256 g/mol. The Kier molecular flexibility index (Phi) is 10.8. The monoisotopic (exact) mass is 256 g/mol. The van der Waals surface area contributed by atoms with E-state index in [-0.39, 0.29) is 0 Å². The quantitative estimate of drug-likeness (QED) is 0.603. The van der Waals surface area contributed by atoms with Gasteiger partial charge in [0.25, 0.3) is 0 Å². The third-order valence-electron chi connectivity index (χ3n) is 3.91. The van der Waals surface area contributed by atoms with Crippen molar-refractivity contribution in [3.05, 3.63) is 0 Å². The molecular weight excluding hydrogens is 220 g/mol. The fourth-order valence-electron chi connectivity index (χ4n) is 2.20. The van der Waals surface area contributed by atoms with Crippen molar-refractivity contribution in [1.82, 2.24) is 10.2 Å². The molecule has 0 heterocycles. The van der Waals surface area contributed by atoms with Crippen LogP contribution in [-0.2, 0) is 0 Å². The molecule has 0 spiro atoms. The van der Waals surface area contributed by atoms with Crippen LogP contribution in [0.25, 0.3) is 0 Å². The van der Waals surface area contributed by atoms with Crippen LogP contribution in [0, 0.1) is 5.92 Å². The average Bonchev–Trinajstić information content (AvgIpc) is 2.36. The van der Waals surface area contributed by atoms with E-state index in [1.807, 2.05) is 0 Å². The second-order valence-corrected chi connectivity index (χ2v) is 5.91. The van der Waals surface area contributed by atoms with Gasteiger partial charge in [-0.15, -0.1) is 0 Å². The molecule has 0 aliphatic heterocycles. The van der Waals surface area contributed by atoms with Crippen LogP contribution in [0.3, 0.4) is 0 Å². The van der Waals surface area contributed by atoms with Crippen molar-refractivity contribution >= 4 is 0 Å². The highest BCUT2D eigenvalue weighted by atomic mass is 15.2. The predicted molar refractivity (Wildman–Crippen MR) is 83.2 cm³/mol. The molecule has 0 radical (unpaired) electrons. The first-order valence-corrected chi connectivity index (χ1v) is 8.04. The molecule has 0 amide bonds. The van der Waals surface area contributed by atoms with Crippen LogP contribution < -0.4 is 5.32 Å². The van der Waals surface area contributed by atoms with Crippen molar-refractivity contribution in [2.75, 3.05) is 19.6 Å². The van der Waals surface area contributed by atoms with Crippen molar-refractivity contribution in [3.8, 4) is 0 Å². The lowest BCUT2D eigenvalue weighted by molar-refractivity contribution is 0.164. The Balaban J connectivity index is 4.37. The molecule has 110 valence electrons. The van der Waals surface area contributed by atoms with E-state index < -0.39 is 0 Å². The van der Waals surface area contributed by atoms with Crippen LogP contribution in [0.1, 0.15) is 67.2 Å². The van der Waals surface area contributed by atoms with E-state index in [1.165, 1.54) is 38.8 Å². The molecule has 0 aromatic rings. The smallest absolute Gasteiger partial charge is 0.0218 e. The van der Waals surface area contributed by atoms with Crippen molar-refractivity contribution in [1.29, 1.82) is 0 Å². The van der Waals surface area contributed by atoms with Gasteiger partial charge in [0, 0.05) is 18.6 Å². The van der Waals surface area contributed by atoms with Crippen molar-refractivity contribution in [3.63, 3.8) is 0 Å². The third-order valence-corrected chi connectivity index (χ3v) is 3.91. The largest absolute Gasteiger partial charge is 0.312 e. The minimum absolute atomic E-state index is 0.635. The zero-order valence-electron chi connectivity index (χ0n) is 13.6. The zero-order valence-corrected chi connectivity index (χ0v) is 13.6. The Morgan fingerprint density at radius 2 is 1.67 bits per heavy atom. The molecule has 2 unspecified atom stereocenters. The number of hydrogen-bond donors (Lipinski definition) is 1. The third kappa shape index (κ3) is 7.38. The summed E-state index contributed by atoms with van der Waals surface area (Å²) in [7, 11) is 0. The molecule has 0 saturated heterocycles. The van der Waals surface area contributed by atoms with Crippen LogP contribution in [0.2, 0.25) is 0 Å². The van der Waals surface area contributed by atoms with Crippen LogP contribution in [-0.4, -0.2) is 36.6 Å². The lowest BCUT2D eigenvalue weighted by Gasteiger charge is -2.34. The number of unbranched alkanes of at least 4 members (excludes halogenated alkanes) is 1. The minimum Gasteiger partial charge on any atom is -0.312 e. The van der Waals surface area contributed by atoms with Gasteiger partial charge in [-0.25, -0.2) is 0 Å². The topological polar surface area (TPSA) is 15.3 Å². The van der Waals surface area contributed by atoms with Crippen LogP contribution in [0.15, 0.2) is 0 Å². The van der Waals surface area contributed by atoms with Gasteiger partial charge < -0.3 is 5.32 Å². The molecule has 0 saturated carbocycles. The van der Waals surface area contributed by atoms with E-state index >= 15 is 0 Å². The van der Waals surface area contributed by atoms with E-state index in [4.69, 9.17) is 0 Å². The van der Waals surface area contributed by atoms with Gasteiger partial charge in [0.1, 0.15) is 0 Å². The van der Waals surface area contributed by atoms with E-state index in [0.717, 1.165) is 6.54 Å². The second-order valence-electron chi connectivity index (χ2n) is 5.91. The summed E-state index contributed by atoms with van der Waals surface area (Å²) in [4.78, 5) is 2.68. The van der Waals surface area contributed by atoms with Gasteiger partial charge in [-0.05, 0) is 45.2 Å². The number of hydrogen-bond acceptors (Lipinski definition) is 2. The number of nitrogens with zero attached hydrogens (tertiary/aromatic N) is 1. The molecule has 0 rings (SSSR count). The summed E-state index contributed by atoms with van der Waals surface area (Å²) in [5, 5.41) is 3.71. The van der Waals surface area contributed by atoms with Gasteiger partial charge in [0.05, 0.1) is 0 Å². The predicted octanol–water partition coefficient (Wildman–Crippen LogP) is 3.91. The summed E-state index contributed by atoms with van der Waals surface area (Å²) >= 11 is 0. The van der Waals surface area contributed by atoms with E-state index in [9.17, 15) is 0 Å².